The summed E-state index contributed by atoms with van der Waals surface area (Å²) in [5, 5.41) is 0. The van der Waals surface area contributed by atoms with E-state index in [1.165, 1.54) is 0 Å². The van der Waals surface area contributed by atoms with Crippen LogP contribution in [0.1, 0.15) is 34.6 Å². The Kier molecular flexibility index (Phi) is 3.84. The molecule has 2 aliphatic heterocycles. The van der Waals surface area contributed by atoms with Crippen LogP contribution in [0.25, 0.3) is 0 Å². The van der Waals surface area contributed by atoms with Crippen LogP contribution in [0.2, 0.25) is 11.1 Å². The summed E-state index contributed by atoms with van der Waals surface area (Å²) in [5.41, 5.74) is 1.46. The SMILES string of the molecule is CC(C)[Si](O)(O[C@H]1C2=CO[C@H](C)C=C2C(=O)[C@@H]2O[C@@H]21)C(C)C. The van der Waals surface area contributed by atoms with Gasteiger partial charge in [0.15, 0.2) is 5.78 Å². The molecule has 0 bridgehead atoms. The number of rotatable bonds is 4. The van der Waals surface area contributed by atoms with Gasteiger partial charge < -0.3 is 18.7 Å². The van der Waals surface area contributed by atoms with Crippen molar-refractivity contribution < 1.29 is 23.5 Å². The minimum absolute atomic E-state index is 0.00514. The molecule has 122 valence electrons. The zero-order valence-electron chi connectivity index (χ0n) is 13.7. The van der Waals surface area contributed by atoms with E-state index < -0.39 is 20.8 Å². The lowest BCUT2D eigenvalue weighted by Gasteiger charge is -2.38. The molecule has 3 aliphatic rings. The Bertz CT molecular complexity index is 543. The predicted octanol–water partition coefficient (Wildman–Crippen LogP) is 2.21. The van der Waals surface area contributed by atoms with Gasteiger partial charge in [0.25, 0.3) is 0 Å². The Morgan fingerprint density at radius 2 is 1.91 bits per heavy atom. The Hall–Kier alpha value is -0.953. The third kappa shape index (κ3) is 2.38. The molecule has 0 spiro atoms. The molecular weight excluding hydrogens is 300 g/mol. The lowest BCUT2D eigenvalue weighted by molar-refractivity contribution is -0.117. The first-order valence-corrected chi connectivity index (χ1v) is 9.94. The molecular formula is C16H24O5Si. The van der Waals surface area contributed by atoms with Gasteiger partial charge in [0.1, 0.15) is 24.4 Å². The summed E-state index contributed by atoms with van der Waals surface area (Å²) in [6.45, 7) is 9.81. The Morgan fingerprint density at radius 1 is 1.27 bits per heavy atom. The molecule has 1 saturated heterocycles. The summed E-state index contributed by atoms with van der Waals surface area (Å²) >= 11 is 0. The minimum atomic E-state index is -2.94. The molecule has 5 nitrogen and oxygen atoms in total. The van der Waals surface area contributed by atoms with Crippen molar-refractivity contribution in [1.82, 2.24) is 0 Å². The lowest BCUT2D eigenvalue weighted by atomic mass is 9.85. The van der Waals surface area contributed by atoms with Crippen molar-refractivity contribution in [2.45, 2.75) is 70.1 Å². The fourth-order valence-electron chi connectivity index (χ4n) is 3.23. The molecule has 6 heteroatoms. The maximum atomic E-state index is 12.3. The van der Waals surface area contributed by atoms with E-state index in [0.717, 1.165) is 0 Å². The summed E-state index contributed by atoms with van der Waals surface area (Å²) in [4.78, 5) is 23.4. The summed E-state index contributed by atoms with van der Waals surface area (Å²) in [7, 11) is -2.94. The fourth-order valence-corrected chi connectivity index (χ4v) is 5.77. The van der Waals surface area contributed by atoms with Crippen molar-refractivity contribution in [3.05, 3.63) is 23.5 Å². The first-order chi connectivity index (χ1) is 10.3. The zero-order valence-corrected chi connectivity index (χ0v) is 14.7. The molecule has 22 heavy (non-hydrogen) atoms. The number of hydrogen-bond donors (Lipinski definition) is 1. The number of ether oxygens (including phenoxy) is 2. The lowest BCUT2D eigenvalue weighted by Crippen LogP contribution is -2.51. The number of carbonyl (C=O) groups is 1. The molecule has 1 saturated carbocycles. The normalized spacial score (nSPS) is 33.9. The second-order valence-electron chi connectivity index (χ2n) is 6.98. The van der Waals surface area contributed by atoms with Gasteiger partial charge in [0.05, 0.1) is 6.26 Å². The van der Waals surface area contributed by atoms with E-state index in [0.29, 0.717) is 11.1 Å². The number of fused-ring (bicyclic) bond motifs is 2. The summed E-state index contributed by atoms with van der Waals surface area (Å²) in [6.07, 6.45) is 2.17. The van der Waals surface area contributed by atoms with Crippen molar-refractivity contribution in [3.8, 4) is 0 Å². The number of carbonyl (C=O) groups excluding carboxylic acids is 1. The van der Waals surface area contributed by atoms with Crippen molar-refractivity contribution in [1.29, 1.82) is 0 Å². The molecule has 3 rings (SSSR count). The van der Waals surface area contributed by atoms with E-state index in [-0.39, 0.29) is 29.1 Å². The molecule has 0 radical (unpaired) electrons. The van der Waals surface area contributed by atoms with Gasteiger partial charge in [-0.2, -0.15) is 0 Å². The molecule has 0 aromatic carbocycles. The second kappa shape index (κ2) is 5.30. The van der Waals surface area contributed by atoms with Crippen LogP contribution in [-0.4, -0.2) is 43.6 Å². The average Bonchev–Trinajstić information content (AvgIpc) is 3.23. The first-order valence-electron chi connectivity index (χ1n) is 7.93. The number of ketones is 1. The molecule has 0 unspecified atom stereocenters. The quantitative estimate of drug-likeness (QED) is 0.634. The molecule has 2 fully saturated rings. The topological polar surface area (TPSA) is 68.3 Å². The third-order valence-corrected chi connectivity index (χ3v) is 8.69. The van der Waals surface area contributed by atoms with Crippen molar-refractivity contribution in [2.75, 3.05) is 0 Å². The van der Waals surface area contributed by atoms with Gasteiger partial charge in [0.2, 0.25) is 0 Å². The highest BCUT2D eigenvalue weighted by atomic mass is 28.4. The van der Waals surface area contributed by atoms with Crippen LogP contribution >= 0.6 is 0 Å². The fraction of sp³-hybridized carbons (Fsp3) is 0.688. The average molecular weight is 324 g/mol. The number of Topliss-reactive ketones (excluding diaryl/α,β-unsaturated/α-hetero) is 1. The van der Waals surface area contributed by atoms with E-state index in [4.69, 9.17) is 13.9 Å². The van der Waals surface area contributed by atoms with Crippen molar-refractivity contribution in [3.63, 3.8) is 0 Å². The van der Waals surface area contributed by atoms with E-state index >= 15 is 0 Å². The smallest absolute Gasteiger partial charge is 0.341 e. The summed E-state index contributed by atoms with van der Waals surface area (Å²) in [5.74, 6) is 0.00514. The highest BCUT2D eigenvalue weighted by molar-refractivity contribution is 6.69. The maximum Gasteiger partial charge on any atom is 0.341 e. The Labute approximate surface area is 132 Å². The monoisotopic (exact) mass is 324 g/mol. The van der Waals surface area contributed by atoms with Gasteiger partial charge in [-0.15, -0.1) is 0 Å². The highest BCUT2D eigenvalue weighted by Crippen LogP contribution is 2.46. The van der Waals surface area contributed by atoms with Crippen LogP contribution in [0.3, 0.4) is 0 Å². The largest absolute Gasteiger partial charge is 0.494 e. The first kappa shape index (κ1) is 15.9. The van der Waals surface area contributed by atoms with Crippen molar-refractivity contribution in [2.24, 2.45) is 0 Å². The molecule has 0 aromatic heterocycles. The number of hydrogen-bond acceptors (Lipinski definition) is 5. The van der Waals surface area contributed by atoms with E-state index in [2.05, 4.69) is 0 Å². The highest BCUT2D eigenvalue weighted by Gasteiger charge is 2.60. The van der Waals surface area contributed by atoms with Gasteiger partial charge in [-0.1, -0.05) is 27.7 Å². The van der Waals surface area contributed by atoms with Crippen LogP contribution < -0.4 is 0 Å². The molecule has 4 atom stereocenters. The molecule has 1 N–H and O–H groups in total. The van der Waals surface area contributed by atoms with Gasteiger partial charge in [-0.25, -0.2) is 0 Å². The van der Waals surface area contributed by atoms with E-state index in [1.54, 1.807) is 6.26 Å². The Morgan fingerprint density at radius 3 is 2.50 bits per heavy atom. The molecule has 2 heterocycles. The van der Waals surface area contributed by atoms with E-state index in [9.17, 15) is 9.59 Å². The second-order valence-corrected chi connectivity index (χ2v) is 11.0. The van der Waals surface area contributed by atoms with Crippen LogP contribution in [0.4, 0.5) is 0 Å². The van der Waals surface area contributed by atoms with Gasteiger partial charge >= 0.3 is 8.56 Å². The Balaban J connectivity index is 1.91. The third-order valence-electron chi connectivity index (χ3n) is 4.75. The van der Waals surface area contributed by atoms with Crippen LogP contribution in [0, 0.1) is 0 Å². The number of epoxide rings is 1. The van der Waals surface area contributed by atoms with Gasteiger partial charge in [-0.05, 0) is 24.1 Å². The van der Waals surface area contributed by atoms with E-state index in [1.807, 2.05) is 40.7 Å². The van der Waals surface area contributed by atoms with Crippen LogP contribution in [0.5, 0.6) is 0 Å². The van der Waals surface area contributed by atoms with Gasteiger partial charge in [0, 0.05) is 11.1 Å². The van der Waals surface area contributed by atoms with Crippen LogP contribution in [-0.2, 0) is 18.7 Å². The predicted molar refractivity (Wildman–Crippen MR) is 83.4 cm³/mol. The standard InChI is InChI=1S/C16H24O5Si/c1-8(2)22(18,9(3)4)21-14-12-7-19-10(5)6-11(12)13(17)15-16(14)20-15/h6-10,14-16,18H,1-5H3/t10-,14+,15+,16-/m1/s1. The summed E-state index contributed by atoms with van der Waals surface area (Å²) in [6, 6.07) is 0. The maximum absolute atomic E-state index is 12.3. The molecule has 0 aromatic rings. The molecule has 1 aliphatic carbocycles. The minimum Gasteiger partial charge on any atom is -0.494 e. The summed E-state index contributed by atoms with van der Waals surface area (Å²) < 4.78 is 17.3. The molecule has 0 amide bonds. The van der Waals surface area contributed by atoms with Crippen LogP contribution in [0.15, 0.2) is 23.5 Å². The van der Waals surface area contributed by atoms with Gasteiger partial charge in [-0.3, -0.25) is 4.79 Å². The van der Waals surface area contributed by atoms with Crippen molar-refractivity contribution >= 4 is 14.3 Å². The zero-order chi connectivity index (χ0) is 16.2.